The number of hydrogen-bond acceptors (Lipinski definition) is 5. The van der Waals surface area contributed by atoms with Crippen LogP contribution in [0.5, 0.6) is 0 Å². The highest BCUT2D eigenvalue weighted by atomic mass is 16.5. The zero-order valence-electron chi connectivity index (χ0n) is 11.3. The van der Waals surface area contributed by atoms with Crippen molar-refractivity contribution in [2.45, 2.75) is 51.7 Å². The van der Waals surface area contributed by atoms with Gasteiger partial charge in [0, 0.05) is 13.0 Å². The highest BCUT2D eigenvalue weighted by molar-refractivity contribution is 5.69. The van der Waals surface area contributed by atoms with Crippen molar-refractivity contribution in [3.05, 3.63) is 0 Å². The maximum absolute atomic E-state index is 11.3. The van der Waals surface area contributed by atoms with Gasteiger partial charge in [0.2, 0.25) is 0 Å². The molecule has 102 valence electrons. The van der Waals surface area contributed by atoms with Gasteiger partial charge in [0.15, 0.2) is 0 Å². The Morgan fingerprint density at radius 1 is 1.29 bits per heavy atom. The van der Waals surface area contributed by atoms with E-state index in [0.717, 1.165) is 0 Å². The van der Waals surface area contributed by atoms with E-state index in [0.29, 0.717) is 19.4 Å². The summed E-state index contributed by atoms with van der Waals surface area (Å²) in [6, 6.07) is 0. The lowest BCUT2D eigenvalue weighted by molar-refractivity contribution is -0.146. The lowest BCUT2D eigenvalue weighted by Crippen LogP contribution is -2.34. The maximum Gasteiger partial charge on any atom is 0.305 e. The van der Waals surface area contributed by atoms with Gasteiger partial charge in [-0.15, -0.1) is 0 Å². The van der Waals surface area contributed by atoms with Crippen molar-refractivity contribution < 1.29 is 19.4 Å². The number of carbonyl (C=O) groups is 1. The summed E-state index contributed by atoms with van der Waals surface area (Å²) in [4.78, 5) is 11.3. The minimum atomic E-state index is -0.864. The second kappa shape index (κ2) is 6.93. The first-order chi connectivity index (χ1) is 7.66. The van der Waals surface area contributed by atoms with E-state index >= 15 is 0 Å². The van der Waals surface area contributed by atoms with Gasteiger partial charge in [0.1, 0.15) is 6.61 Å². The molecular formula is C12H25NO4. The molecule has 0 aliphatic rings. The topological polar surface area (TPSA) is 81.8 Å². The van der Waals surface area contributed by atoms with Gasteiger partial charge in [-0.3, -0.25) is 4.79 Å². The molecule has 3 N–H and O–H groups in total. The van der Waals surface area contributed by atoms with Crippen LogP contribution >= 0.6 is 0 Å². The number of aliphatic hydroxyl groups is 1. The number of rotatable bonds is 8. The Morgan fingerprint density at radius 2 is 1.88 bits per heavy atom. The van der Waals surface area contributed by atoms with Gasteiger partial charge in [-0.05, 0) is 34.1 Å². The Bertz CT molecular complexity index is 233. The smallest absolute Gasteiger partial charge is 0.305 e. The number of hydrogen-bond donors (Lipinski definition) is 2. The summed E-state index contributed by atoms with van der Waals surface area (Å²) in [5.41, 5.74) is 3.90. The van der Waals surface area contributed by atoms with Gasteiger partial charge >= 0.3 is 5.97 Å². The van der Waals surface area contributed by atoms with E-state index in [9.17, 15) is 9.90 Å². The number of ether oxygens (including phenoxy) is 2. The summed E-state index contributed by atoms with van der Waals surface area (Å²) in [7, 11) is 0. The molecule has 17 heavy (non-hydrogen) atoms. The molecule has 0 radical (unpaired) electrons. The van der Waals surface area contributed by atoms with Crippen molar-refractivity contribution in [2.75, 3.05) is 19.8 Å². The average Bonchev–Trinajstić information content (AvgIpc) is 2.20. The molecule has 0 aromatic heterocycles. The fourth-order valence-corrected chi connectivity index (χ4v) is 1.09. The minimum Gasteiger partial charge on any atom is -0.464 e. The van der Waals surface area contributed by atoms with Gasteiger partial charge in [0.25, 0.3) is 0 Å². The van der Waals surface area contributed by atoms with E-state index in [1.54, 1.807) is 13.8 Å². The summed E-state index contributed by atoms with van der Waals surface area (Å²) in [5, 5.41) is 9.54. The van der Waals surface area contributed by atoms with Crippen LogP contribution in [0.1, 0.15) is 40.5 Å². The molecule has 0 saturated heterocycles. The largest absolute Gasteiger partial charge is 0.464 e. The molecule has 0 saturated carbocycles. The van der Waals surface area contributed by atoms with Crippen LogP contribution in [-0.2, 0) is 14.3 Å². The second-order valence-electron chi connectivity index (χ2n) is 5.37. The predicted molar refractivity (Wildman–Crippen MR) is 65.6 cm³/mol. The first-order valence-corrected chi connectivity index (χ1v) is 5.88. The third kappa shape index (κ3) is 10.2. The molecular weight excluding hydrogens is 222 g/mol. The van der Waals surface area contributed by atoms with Crippen LogP contribution < -0.4 is 5.73 Å². The molecule has 5 nitrogen and oxygen atoms in total. The molecule has 0 amide bonds. The van der Waals surface area contributed by atoms with E-state index in [2.05, 4.69) is 0 Å². The second-order valence-corrected chi connectivity index (χ2v) is 5.37. The molecule has 0 atom stereocenters. The van der Waals surface area contributed by atoms with Crippen molar-refractivity contribution in [2.24, 2.45) is 5.73 Å². The first-order valence-electron chi connectivity index (χ1n) is 5.88. The third-order valence-corrected chi connectivity index (χ3v) is 2.13. The van der Waals surface area contributed by atoms with E-state index in [4.69, 9.17) is 15.2 Å². The highest BCUT2D eigenvalue weighted by Gasteiger charge is 2.24. The molecule has 0 spiro atoms. The van der Waals surface area contributed by atoms with Crippen LogP contribution in [0, 0.1) is 0 Å². The molecule has 5 heteroatoms. The molecule has 0 rings (SSSR count). The number of nitrogens with two attached hydrogens (primary N) is 1. The SMILES string of the molecule is CC(C)(O)COC(C)(C)CCC(=O)OCCN. The van der Waals surface area contributed by atoms with Crippen LogP contribution in [0.4, 0.5) is 0 Å². The van der Waals surface area contributed by atoms with Gasteiger partial charge in [-0.1, -0.05) is 0 Å². The Balaban J connectivity index is 3.88. The average molecular weight is 247 g/mol. The number of carbonyl (C=O) groups excluding carboxylic acids is 1. The number of esters is 1. The molecule has 0 aliphatic heterocycles. The summed E-state index contributed by atoms with van der Waals surface area (Å²) in [6.45, 7) is 7.95. The molecule has 0 heterocycles. The Labute approximate surface area is 103 Å². The van der Waals surface area contributed by atoms with Gasteiger partial charge in [-0.2, -0.15) is 0 Å². The Hall–Kier alpha value is -0.650. The first kappa shape index (κ1) is 16.4. The summed E-state index contributed by atoms with van der Waals surface area (Å²) in [5.74, 6) is -0.268. The zero-order valence-corrected chi connectivity index (χ0v) is 11.3. The molecule has 0 unspecified atom stereocenters. The molecule has 0 aromatic rings. The Kier molecular flexibility index (Phi) is 6.67. The van der Waals surface area contributed by atoms with Crippen LogP contribution in [0.25, 0.3) is 0 Å². The normalized spacial score (nSPS) is 12.6. The van der Waals surface area contributed by atoms with E-state index in [1.165, 1.54) is 0 Å². The zero-order chi connectivity index (χ0) is 13.5. The van der Waals surface area contributed by atoms with Gasteiger partial charge in [-0.25, -0.2) is 0 Å². The fraction of sp³-hybridized carbons (Fsp3) is 0.917. The fourth-order valence-electron chi connectivity index (χ4n) is 1.09. The molecule has 0 fully saturated rings. The maximum atomic E-state index is 11.3. The molecule has 0 aromatic carbocycles. The van der Waals surface area contributed by atoms with E-state index < -0.39 is 11.2 Å². The minimum absolute atomic E-state index is 0.234. The van der Waals surface area contributed by atoms with Crippen molar-refractivity contribution >= 4 is 5.97 Å². The van der Waals surface area contributed by atoms with Crippen LogP contribution in [0.15, 0.2) is 0 Å². The molecule has 0 bridgehead atoms. The van der Waals surface area contributed by atoms with Crippen molar-refractivity contribution in [3.63, 3.8) is 0 Å². The summed E-state index contributed by atoms with van der Waals surface area (Å²) in [6.07, 6.45) is 0.839. The van der Waals surface area contributed by atoms with Gasteiger partial charge in [0.05, 0.1) is 17.8 Å². The Morgan fingerprint density at radius 3 is 2.35 bits per heavy atom. The van der Waals surface area contributed by atoms with Crippen LogP contribution in [-0.4, -0.2) is 42.0 Å². The quantitative estimate of drug-likeness (QED) is 0.621. The van der Waals surface area contributed by atoms with E-state index in [-0.39, 0.29) is 19.2 Å². The third-order valence-electron chi connectivity index (χ3n) is 2.13. The van der Waals surface area contributed by atoms with Crippen molar-refractivity contribution in [1.29, 1.82) is 0 Å². The van der Waals surface area contributed by atoms with E-state index in [1.807, 2.05) is 13.8 Å². The summed E-state index contributed by atoms with van der Waals surface area (Å²) < 4.78 is 10.4. The van der Waals surface area contributed by atoms with Crippen LogP contribution in [0.2, 0.25) is 0 Å². The molecule has 0 aliphatic carbocycles. The monoisotopic (exact) mass is 247 g/mol. The van der Waals surface area contributed by atoms with Gasteiger partial charge < -0.3 is 20.3 Å². The highest BCUT2D eigenvalue weighted by Crippen LogP contribution is 2.19. The predicted octanol–water partition coefficient (Wildman–Crippen LogP) is 0.835. The van der Waals surface area contributed by atoms with Crippen molar-refractivity contribution in [3.8, 4) is 0 Å². The van der Waals surface area contributed by atoms with Crippen molar-refractivity contribution in [1.82, 2.24) is 0 Å². The van der Waals surface area contributed by atoms with Crippen LogP contribution in [0.3, 0.4) is 0 Å². The lowest BCUT2D eigenvalue weighted by atomic mass is 10.0. The standard InChI is InChI=1S/C12H25NO4/c1-11(2,15)9-17-12(3,4)6-5-10(14)16-8-7-13/h15H,5-9,13H2,1-4H3. The lowest BCUT2D eigenvalue weighted by Gasteiger charge is -2.29. The summed E-state index contributed by atoms with van der Waals surface area (Å²) >= 11 is 0.